The van der Waals surface area contributed by atoms with Gasteiger partial charge in [0.15, 0.2) is 11.5 Å². The van der Waals surface area contributed by atoms with Crippen molar-refractivity contribution >= 4 is 33.0 Å². The number of sulfonamides is 1. The Hall–Kier alpha value is -2.97. The minimum absolute atomic E-state index is 0.152. The number of rotatable bonds is 4. The minimum atomic E-state index is -3.74. The third kappa shape index (κ3) is 3.32. The van der Waals surface area contributed by atoms with E-state index in [1.807, 2.05) is 19.1 Å². The van der Waals surface area contributed by atoms with Crippen LogP contribution in [0.15, 0.2) is 59.5 Å². The molecule has 2 heterocycles. The first-order valence-electron chi connectivity index (χ1n) is 8.42. The van der Waals surface area contributed by atoms with Crippen LogP contribution in [0.1, 0.15) is 11.4 Å². The summed E-state index contributed by atoms with van der Waals surface area (Å²) in [5.74, 6) is 0.693. The highest BCUT2D eigenvalue weighted by Gasteiger charge is 2.18. The summed E-state index contributed by atoms with van der Waals surface area (Å²) in [6.07, 6.45) is 0. The molecule has 0 amide bonds. The van der Waals surface area contributed by atoms with Crippen LogP contribution in [0.2, 0.25) is 5.02 Å². The second-order valence-electron chi connectivity index (χ2n) is 6.28. The summed E-state index contributed by atoms with van der Waals surface area (Å²) < 4.78 is 29.6. The summed E-state index contributed by atoms with van der Waals surface area (Å²) in [6.45, 7) is 3.50. The van der Waals surface area contributed by atoms with Crippen molar-refractivity contribution in [1.29, 1.82) is 0 Å². The molecule has 28 heavy (non-hydrogen) atoms. The Morgan fingerprint density at radius 3 is 2.46 bits per heavy atom. The summed E-state index contributed by atoms with van der Waals surface area (Å²) in [4.78, 5) is 0.152. The summed E-state index contributed by atoms with van der Waals surface area (Å²) in [5.41, 5.74) is 3.20. The molecule has 0 atom stereocenters. The van der Waals surface area contributed by atoms with E-state index in [0.717, 1.165) is 11.3 Å². The lowest BCUT2D eigenvalue weighted by Gasteiger charge is -2.11. The Morgan fingerprint density at radius 2 is 1.71 bits per heavy atom. The molecule has 2 aromatic heterocycles. The molecular formula is C19H16ClN5O2S. The third-order valence-electron chi connectivity index (χ3n) is 4.36. The zero-order chi connectivity index (χ0) is 19.9. The average Bonchev–Trinajstić information content (AvgIpc) is 3.04. The largest absolute Gasteiger partial charge is 0.280 e. The first kappa shape index (κ1) is 18.4. The zero-order valence-corrected chi connectivity index (χ0v) is 16.7. The van der Waals surface area contributed by atoms with E-state index in [0.29, 0.717) is 27.7 Å². The number of aromatic nitrogens is 4. The van der Waals surface area contributed by atoms with E-state index in [2.05, 4.69) is 20.0 Å². The van der Waals surface area contributed by atoms with Crippen LogP contribution in [0.25, 0.3) is 16.9 Å². The predicted molar refractivity (Wildman–Crippen MR) is 108 cm³/mol. The van der Waals surface area contributed by atoms with Crippen LogP contribution >= 0.6 is 11.6 Å². The van der Waals surface area contributed by atoms with Crippen molar-refractivity contribution in [1.82, 2.24) is 19.8 Å². The molecule has 2 aromatic carbocycles. The van der Waals surface area contributed by atoms with Gasteiger partial charge in [0.2, 0.25) is 0 Å². The lowest BCUT2D eigenvalue weighted by Crippen LogP contribution is -2.14. The standard InChI is InChI=1S/C19H16ClN5O2S/c1-12-16(20)4-3-5-18(12)28(26,27)24-15-8-6-14(7-9-15)17-10-11-19-22-21-13(2)25(19)23-17/h3-11,24H,1-2H3. The van der Waals surface area contributed by atoms with Crippen molar-refractivity contribution in [2.75, 3.05) is 4.72 Å². The number of benzene rings is 2. The molecule has 0 saturated heterocycles. The molecule has 0 fully saturated rings. The molecule has 0 aliphatic heterocycles. The van der Waals surface area contributed by atoms with Crippen molar-refractivity contribution in [3.8, 4) is 11.3 Å². The van der Waals surface area contributed by atoms with Gasteiger partial charge < -0.3 is 0 Å². The van der Waals surface area contributed by atoms with Gasteiger partial charge in [0, 0.05) is 16.3 Å². The van der Waals surface area contributed by atoms with Gasteiger partial charge in [-0.25, -0.2) is 8.42 Å². The summed E-state index contributed by atoms with van der Waals surface area (Å²) in [7, 11) is -3.74. The molecule has 1 N–H and O–H groups in total. The van der Waals surface area contributed by atoms with E-state index in [4.69, 9.17) is 11.6 Å². The van der Waals surface area contributed by atoms with Crippen LogP contribution in [0.5, 0.6) is 0 Å². The Morgan fingerprint density at radius 1 is 0.964 bits per heavy atom. The molecule has 0 unspecified atom stereocenters. The molecule has 0 spiro atoms. The molecule has 0 aliphatic rings. The highest BCUT2D eigenvalue weighted by molar-refractivity contribution is 7.92. The Bertz CT molecular complexity index is 1280. The fourth-order valence-electron chi connectivity index (χ4n) is 2.85. The van der Waals surface area contributed by atoms with Crippen molar-refractivity contribution in [2.45, 2.75) is 18.7 Å². The number of nitrogens with one attached hydrogen (secondary N) is 1. The van der Waals surface area contributed by atoms with E-state index in [9.17, 15) is 8.42 Å². The van der Waals surface area contributed by atoms with Crippen LogP contribution in [0.3, 0.4) is 0 Å². The van der Waals surface area contributed by atoms with Crippen LogP contribution < -0.4 is 4.72 Å². The lowest BCUT2D eigenvalue weighted by atomic mass is 10.1. The molecule has 142 valence electrons. The number of hydrogen-bond donors (Lipinski definition) is 1. The second-order valence-corrected chi connectivity index (χ2v) is 8.34. The summed E-state index contributed by atoms with van der Waals surface area (Å²) >= 11 is 6.05. The van der Waals surface area contributed by atoms with Crippen LogP contribution in [0.4, 0.5) is 5.69 Å². The molecule has 9 heteroatoms. The molecule has 4 aromatic rings. The number of nitrogens with zero attached hydrogens (tertiary/aromatic N) is 4. The fourth-order valence-corrected chi connectivity index (χ4v) is 4.41. The van der Waals surface area contributed by atoms with Gasteiger partial charge >= 0.3 is 0 Å². The average molecular weight is 414 g/mol. The van der Waals surface area contributed by atoms with Crippen LogP contribution in [-0.2, 0) is 10.0 Å². The number of aryl methyl sites for hydroxylation is 1. The van der Waals surface area contributed by atoms with Gasteiger partial charge in [0.25, 0.3) is 10.0 Å². The van der Waals surface area contributed by atoms with E-state index < -0.39 is 10.0 Å². The predicted octanol–water partition coefficient (Wildman–Crippen LogP) is 3.86. The Kier molecular flexibility index (Phi) is 4.52. The summed E-state index contributed by atoms with van der Waals surface area (Å²) in [5, 5.41) is 12.9. The number of fused-ring (bicyclic) bond motifs is 1. The Labute approximate surface area is 167 Å². The van der Waals surface area contributed by atoms with Gasteiger partial charge in [-0.15, -0.1) is 10.2 Å². The molecule has 0 aliphatic carbocycles. The van der Waals surface area contributed by atoms with Gasteiger partial charge in [-0.05, 0) is 55.8 Å². The van der Waals surface area contributed by atoms with Gasteiger partial charge in [0.05, 0.1) is 10.6 Å². The van der Waals surface area contributed by atoms with E-state index in [-0.39, 0.29) is 4.90 Å². The maximum absolute atomic E-state index is 12.7. The number of hydrogen-bond acceptors (Lipinski definition) is 5. The number of halogens is 1. The lowest BCUT2D eigenvalue weighted by molar-refractivity contribution is 0.600. The molecule has 4 rings (SSSR count). The maximum atomic E-state index is 12.7. The van der Waals surface area contributed by atoms with Crippen molar-refractivity contribution < 1.29 is 8.42 Å². The quantitative estimate of drug-likeness (QED) is 0.548. The van der Waals surface area contributed by atoms with E-state index in [1.54, 1.807) is 47.8 Å². The second kappa shape index (κ2) is 6.88. The first-order valence-corrected chi connectivity index (χ1v) is 10.3. The Balaban J connectivity index is 1.62. The van der Waals surface area contributed by atoms with Crippen molar-refractivity contribution in [3.63, 3.8) is 0 Å². The SMILES string of the molecule is Cc1c(Cl)cccc1S(=O)(=O)Nc1ccc(-c2ccc3nnc(C)n3n2)cc1. The van der Waals surface area contributed by atoms with Gasteiger partial charge in [0.1, 0.15) is 0 Å². The number of anilines is 1. The molecular weight excluding hydrogens is 398 g/mol. The third-order valence-corrected chi connectivity index (χ3v) is 6.29. The van der Waals surface area contributed by atoms with E-state index in [1.165, 1.54) is 6.07 Å². The highest BCUT2D eigenvalue weighted by atomic mass is 35.5. The zero-order valence-electron chi connectivity index (χ0n) is 15.1. The van der Waals surface area contributed by atoms with E-state index >= 15 is 0 Å². The highest BCUT2D eigenvalue weighted by Crippen LogP contribution is 2.26. The smallest absolute Gasteiger partial charge is 0.262 e. The molecule has 0 bridgehead atoms. The minimum Gasteiger partial charge on any atom is -0.280 e. The molecule has 7 nitrogen and oxygen atoms in total. The monoisotopic (exact) mass is 413 g/mol. The molecule has 0 saturated carbocycles. The fraction of sp³-hybridized carbons (Fsp3) is 0.105. The molecule has 0 radical (unpaired) electrons. The van der Waals surface area contributed by atoms with Crippen molar-refractivity contribution in [3.05, 3.63) is 71.0 Å². The first-order chi connectivity index (χ1) is 13.3. The maximum Gasteiger partial charge on any atom is 0.262 e. The topological polar surface area (TPSA) is 89.2 Å². The van der Waals surface area contributed by atoms with Gasteiger partial charge in [-0.1, -0.05) is 29.8 Å². The normalized spacial score (nSPS) is 11.7. The van der Waals surface area contributed by atoms with Crippen molar-refractivity contribution in [2.24, 2.45) is 0 Å². The van der Waals surface area contributed by atoms with Gasteiger partial charge in [-0.2, -0.15) is 9.61 Å². The van der Waals surface area contributed by atoms with Crippen LogP contribution in [0, 0.1) is 13.8 Å². The van der Waals surface area contributed by atoms with Crippen LogP contribution in [-0.4, -0.2) is 28.2 Å². The summed E-state index contributed by atoms with van der Waals surface area (Å²) in [6, 6.07) is 15.5. The van der Waals surface area contributed by atoms with Gasteiger partial charge in [-0.3, -0.25) is 4.72 Å².